The summed E-state index contributed by atoms with van der Waals surface area (Å²) >= 11 is 0. The van der Waals surface area contributed by atoms with Crippen molar-refractivity contribution >= 4 is 17.6 Å². The molecule has 0 atom stereocenters. The Labute approximate surface area is 128 Å². The van der Waals surface area contributed by atoms with Gasteiger partial charge >= 0.3 is 5.97 Å². The number of nitriles is 1. The summed E-state index contributed by atoms with van der Waals surface area (Å²) in [5, 5.41) is 11.5. The van der Waals surface area contributed by atoms with Crippen LogP contribution in [0.5, 0.6) is 0 Å². The van der Waals surface area contributed by atoms with E-state index in [1.807, 2.05) is 6.07 Å². The van der Waals surface area contributed by atoms with E-state index >= 15 is 0 Å². The summed E-state index contributed by atoms with van der Waals surface area (Å²) in [5.74, 6) is -0.719. The fourth-order valence-electron chi connectivity index (χ4n) is 1.84. The number of benzene rings is 2. The third kappa shape index (κ3) is 3.70. The summed E-state index contributed by atoms with van der Waals surface area (Å²) in [4.78, 5) is 23.6. The van der Waals surface area contributed by atoms with Crippen LogP contribution in [0.2, 0.25) is 0 Å². The molecule has 1 N–H and O–H groups in total. The third-order valence-electron chi connectivity index (χ3n) is 2.91. The molecule has 2 aromatic carbocycles. The quantitative estimate of drug-likeness (QED) is 0.879. The Bertz CT molecular complexity index is 730. The molecule has 0 aromatic heterocycles. The highest BCUT2D eigenvalue weighted by atomic mass is 16.5. The molecule has 2 rings (SSSR count). The second-order valence-corrected chi connectivity index (χ2v) is 4.44. The molecule has 5 nitrogen and oxygen atoms in total. The lowest BCUT2D eigenvalue weighted by atomic mass is 10.1. The van der Waals surface area contributed by atoms with Crippen LogP contribution < -0.4 is 5.32 Å². The first-order valence-electron chi connectivity index (χ1n) is 6.72. The van der Waals surface area contributed by atoms with Crippen LogP contribution in [-0.4, -0.2) is 18.5 Å². The summed E-state index contributed by atoms with van der Waals surface area (Å²) in [5.41, 5.74) is 1.80. The molecule has 5 heteroatoms. The zero-order valence-corrected chi connectivity index (χ0v) is 12.0. The normalized spacial score (nSPS) is 9.64. The van der Waals surface area contributed by atoms with Gasteiger partial charge in [-0.25, -0.2) is 4.79 Å². The average Bonchev–Trinajstić information content (AvgIpc) is 2.55. The monoisotopic (exact) mass is 294 g/mol. The van der Waals surface area contributed by atoms with E-state index in [0.717, 1.165) is 0 Å². The van der Waals surface area contributed by atoms with Gasteiger partial charge in [0.1, 0.15) is 0 Å². The van der Waals surface area contributed by atoms with E-state index < -0.39 is 5.97 Å². The van der Waals surface area contributed by atoms with Crippen molar-refractivity contribution in [3.8, 4) is 6.07 Å². The van der Waals surface area contributed by atoms with E-state index in [1.54, 1.807) is 49.4 Å². The van der Waals surface area contributed by atoms with Gasteiger partial charge in [-0.05, 0) is 49.4 Å². The van der Waals surface area contributed by atoms with Gasteiger partial charge < -0.3 is 10.1 Å². The number of rotatable bonds is 4. The predicted octanol–water partition coefficient (Wildman–Crippen LogP) is 2.99. The van der Waals surface area contributed by atoms with Gasteiger partial charge in [-0.15, -0.1) is 0 Å². The van der Waals surface area contributed by atoms with Crippen LogP contribution in [0, 0.1) is 11.3 Å². The fourth-order valence-corrected chi connectivity index (χ4v) is 1.84. The minimum atomic E-state index is -0.401. The van der Waals surface area contributed by atoms with Crippen LogP contribution in [0.1, 0.15) is 33.2 Å². The number of nitrogens with zero attached hydrogens (tertiary/aromatic N) is 1. The second-order valence-electron chi connectivity index (χ2n) is 4.44. The van der Waals surface area contributed by atoms with Gasteiger partial charge in [0.15, 0.2) is 0 Å². The fraction of sp³-hybridized carbons (Fsp3) is 0.118. The summed E-state index contributed by atoms with van der Waals surface area (Å²) in [6, 6.07) is 14.8. The highest BCUT2D eigenvalue weighted by Crippen LogP contribution is 2.13. The number of carbonyl (C=O) groups excluding carboxylic acids is 2. The minimum absolute atomic E-state index is 0.312. The molecule has 0 bridgehead atoms. The first-order valence-corrected chi connectivity index (χ1v) is 6.72. The zero-order chi connectivity index (χ0) is 15.9. The Kier molecular flexibility index (Phi) is 4.89. The lowest BCUT2D eigenvalue weighted by Crippen LogP contribution is -2.12. The topological polar surface area (TPSA) is 79.2 Å². The Morgan fingerprint density at radius 1 is 1.14 bits per heavy atom. The Morgan fingerprint density at radius 2 is 1.86 bits per heavy atom. The van der Waals surface area contributed by atoms with Crippen LogP contribution in [0.3, 0.4) is 0 Å². The third-order valence-corrected chi connectivity index (χ3v) is 2.91. The summed E-state index contributed by atoms with van der Waals surface area (Å²) in [6.07, 6.45) is 0. The Morgan fingerprint density at radius 3 is 2.50 bits per heavy atom. The number of carbonyl (C=O) groups is 2. The smallest absolute Gasteiger partial charge is 0.338 e. The maximum absolute atomic E-state index is 12.1. The lowest BCUT2D eigenvalue weighted by molar-refractivity contribution is 0.0526. The van der Waals surface area contributed by atoms with Crippen molar-refractivity contribution in [3.05, 3.63) is 65.2 Å². The molecule has 1 amide bonds. The molecule has 0 radical (unpaired) electrons. The van der Waals surface area contributed by atoms with Crippen molar-refractivity contribution in [1.82, 2.24) is 0 Å². The van der Waals surface area contributed by atoms with Gasteiger partial charge in [-0.3, -0.25) is 4.79 Å². The van der Waals surface area contributed by atoms with E-state index in [4.69, 9.17) is 10.00 Å². The molecule has 22 heavy (non-hydrogen) atoms. The first kappa shape index (κ1) is 15.3. The molecular formula is C17H14N2O3. The van der Waals surface area contributed by atoms with Gasteiger partial charge in [-0.1, -0.05) is 6.07 Å². The van der Waals surface area contributed by atoms with Crippen LogP contribution >= 0.6 is 0 Å². The second kappa shape index (κ2) is 7.04. The highest BCUT2D eigenvalue weighted by Gasteiger charge is 2.09. The van der Waals surface area contributed by atoms with Gasteiger partial charge in [0.05, 0.1) is 23.8 Å². The van der Waals surface area contributed by atoms with Crippen LogP contribution in [0.15, 0.2) is 48.5 Å². The van der Waals surface area contributed by atoms with Crippen molar-refractivity contribution in [2.24, 2.45) is 0 Å². The highest BCUT2D eigenvalue weighted by molar-refractivity contribution is 6.04. The SMILES string of the molecule is CCOC(=O)c1ccc(NC(=O)c2cccc(C#N)c2)cc1. The molecule has 0 heterocycles. The van der Waals surface area contributed by atoms with E-state index in [0.29, 0.717) is 29.0 Å². The van der Waals surface area contributed by atoms with E-state index in [-0.39, 0.29) is 5.91 Å². The van der Waals surface area contributed by atoms with E-state index in [9.17, 15) is 9.59 Å². The molecule has 0 aliphatic carbocycles. The average molecular weight is 294 g/mol. The Hall–Kier alpha value is -3.13. The number of hydrogen-bond donors (Lipinski definition) is 1. The van der Waals surface area contributed by atoms with Crippen molar-refractivity contribution < 1.29 is 14.3 Å². The Balaban J connectivity index is 2.08. The molecule has 110 valence electrons. The lowest BCUT2D eigenvalue weighted by Gasteiger charge is -2.07. The standard InChI is InChI=1S/C17H14N2O3/c1-2-22-17(21)13-6-8-15(9-7-13)19-16(20)14-5-3-4-12(10-14)11-18/h3-10H,2H2,1H3,(H,19,20). The number of hydrogen-bond acceptors (Lipinski definition) is 4. The number of ether oxygens (including phenoxy) is 1. The summed E-state index contributed by atoms with van der Waals surface area (Å²) in [7, 11) is 0. The van der Waals surface area contributed by atoms with Crippen molar-refractivity contribution in [3.63, 3.8) is 0 Å². The van der Waals surface area contributed by atoms with Gasteiger partial charge in [-0.2, -0.15) is 5.26 Å². The number of anilines is 1. The molecule has 0 spiro atoms. The van der Waals surface area contributed by atoms with Crippen LogP contribution in [0.4, 0.5) is 5.69 Å². The van der Waals surface area contributed by atoms with Gasteiger partial charge in [0.2, 0.25) is 0 Å². The predicted molar refractivity (Wildman–Crippen MR) is 81.5 cm³/mol. The number of nitrogens with one attached hydrogen (secondary N) is 1. The molecule has 0 saturated heterocycles. The maximum atomic E-state index is 12.1. The van der Waals surface area contributed by atoms with E-state index in [1.165, 1.54) is 6.07 Å². The molecule has 2 aromatic rings. The van der Waals surface area contributed by atoms with Gasteiger partial charge in [0.25, 0.3) is 5.91 Å². The molecule has 0 aliphatic heterocycles. The molecule has 0 aliphatic rings. The van der Waals surface area contributed by atoms with Crippen molar-refractivity contribution in [2.75, 3.05) is 11.9 Å². The van der Waals surface area contributed by atoms with Crippen molar-refractivity contribution in [2.45, 2.75) is 6.92 Å². The number of amides is 1. The number of esters is 1. The van der Waals surface area contributed by atoms with Gasteiger partial charge in [0, 0.05) is 11.3 Å². The summed E-state index contributed by atoms with van der Waals surface area (Å²) in [6.45, 7) is 2.05. The van der Waals surface area contributed by atoms with Crippen LogP contribution in [-0.2, 0) is 4.74 Å². The first-order chi connectivity index (χ1) is 10.6. The molecule has 0 fully saturated rings. The maximum Gasteiger partial charge on any atom is 0.338 e. The van der Waals surface area contributed by atoms with E-state index in [2.05, 4.69) is 5.32 Å². The summed E-state index contributed by atoms with van der Waals surface area (Å²) < 4.78 is 4.89. The van der Waals surface area contributed by atoms with Crippen molar-refractivity contribution in [1.29, 1.82) is 5.26 Å². The molecule has 0 unspecified atom stereocenters. The molecule has 0 saturated carbocycles. The van der Waals surface area contributed by atoms with Crippen LogP contribution in [0.25, 0.3) is 0 Å². The largest absolute Gasteiger partial charge is 0.462 e. The molecular weight excluding hydrogens is 280 g/mol. The minimum Gasteiger partial charge on any atom is -0.462 e. The zero-order valence-electron chi connectivity index (χ0n) is 12.0.